The van der Waals surface area contributed by atoms with Gasteiger partial charge < -0.3 is 9.47 Å². The monoisotopic (exact) mass is 277 g/mol. The zero-order valence-electron chi connectivity index (χ0n) is 11.1. The lowest BCUT2D eigenvalue weighted by atomic mass is 9.75. The molecule has 2 aliphatic rings. The van der Waals surface area contributed by atoms with E-state index >= 15 is 0 Å². The number of carbonyl (C=O) groups excluding carboxylic acids is 1. The summed E-state index contributed by atoms with van der Waals surface area (Å²) in [6.45, 7) is 1.92. The molecule has 0 bridgehead atoms. The topological polar surface area (TPSA) is 78.7 Å². The van der Waals surface area contributed by atoms with Gasteiger partial charge in [0.05, 0.1) is 5.92 Å². The van der Waals surface area contributed by atoms with Crippen molar-refractivity contribution in [2.24, 2.45) is 5.92 Å². The second kappa shape index (κ2) is 4.77. The van der Waals surface area contributed by atoms with E-state index < -0.39 is 6.04 Å². The van der Waals surface area contributed by atoms with Gasteiger partial charge >= 0.3 is 0 Å². The molecule has 0 spiro atoms. The van der Waals surface area contributed by atoms with Crippen LogP contribution in [0.15, 0.2) is 18.2 Å². The predicted molar refractivity (Wildman–Crippen MR) is 69.5 cm³/mol. The Kier molecular flexibility index (Phi) is 3.08. The maximum atomic E-state index is 11.9. The van der Waals surface area contributed by atoms with Crippen molar-refractivity contribution in [1.82, 2.24) is 0 Å². The Balaban J connectivity index is 1.93. The number of hydrogen-bond acceptors (Lipinski definition) is 5. The first-order valence-electron chi connectivity index (χ1n) is 6.62. The summed E-state index contributed by atoms with van der Waals surface area (Å²) in [5.74, 6) is 0.696. The Bertz CT molecular complexity index is 571. The second-order valence-corrected chi connectivity index (χ2v) is 5.38. The van der Waals surface area contributed by atoms with Gasteiger partial charge in [-0.3, -0.25) is 14.9 Å². The Labute approximate surface area is 115 Å². The molecule has 106 valence electrons. The molecule has 0 aromatic heterocycles. The van der Waals surface area contributed by atoms with Crippen LogP contribution in [0.4, 0.5) is 0 Å². The Morgan fingerprint density at radius 2 is 2.05 bits per heavy atom. The summed E-state index contributed by atoms with van der Waals surface area (Å²) >= 11 is 0. The van der Waals surface area contributed by atoms with Crippen LogP contribution in [0.2, 0.25) is 0 Å². The Hall–Kier alpha value is -2.11. The van der Waals surface area contributed by atoms with Crippen LogP contribution in [0, 0.1) is 16.0 Å². The molecule has 3 rings (SSSR count). The smallest absolute Gasteiger partial charge is 0.231 e. The average molecular weight is 277 g/mol. The largest absolute Gasteiger partial charge is 0.454 e. The molecule has 0 N–H and O–H groups in total. The van der Waals surface area contributed by atoms with Crippen molar-refractivity contribution < 1.29 is 19.2 Å². The number of Topliss-reactive ketones (excluding diaryl/α,β-unsaturated/α-hetero) is 1. The number of ether oxygens (including phenoxy) is 2. The molecular weight excluding hydrogens is 262 g/mol. The molecule has 3 atom stereocenters. The number of ketones is 1. The van der Waals surface area contributed by atoms with E-state index in [1.165, 1.54) is 0 Å². The minimum Gasteiger partial charge on any atom is -0.454 e. The average Bonchev–Trinajstić information content (AvgIpc) is 2.88. The van der Waals surface area contributed by atoms with Crippen molar-refractivity contribution >= 4 is 5.78 Å². The summed E-state index contributed by atoms with van der Waals surface area (Å²) in [5, 5.41) is 11.3. The third-order valence-electron chi connectivity index (χ3n) is 4.13. The fourth-order valence-electron chi connectivity index (χ4n) is 2.93. The number of rotatable bonds is 2. The van der Waals surface area contributed by atoms with E-state index in [1.54, 1.807) is 25.1 Å². The predicted octanol–water partition coefficient (Wildman–Crippen LogP) is 2.14. The van der Waals surface area contributed by atoms with Crippen LogP contribution >= 0.6 is 0 Å². The zero-order chi connectivity index (χ0) is 14.3. The lowest BCUT2D eigenvalue weighted by Crippen LogP contribution is -2.38. The summed E-state index contributed by atoms with van der Waals surface area (Å²) in [5.41, 5.74) is 0.774. The molecule has 20 heavy (non-hydrogen) atoms. The van der Waals surface area contributed by atoms with Crippen LogP contribution in [0.5, 0.6) is 11.5 Å². The molecule has 1 aliphatic carbocycles. The van der Waals surface area contributed by atoms with E-state index in [0.717, 1.165) is 5.56 Å². The van der Waals surface area contributed by atoms with Gasteiger partial charge in [0.2, 0.25) is 12.8 Å². The molecule has 0 unspecified atom stereocenters. The molecule has 6 nitrogen and oxygen atoms in total. The standard InChI is InChI=1S/C14H15NO5/c1-8-4-11(15(17)18)10(6-12(8)16)9-2-3-13-14(5-9)20-7-19-13/h2-3,5,8,10-11H,4,6-7H2,1H3/t8-,10-,11+/m1/s1. The fourth-order valence-corrected chi connectivity index (χ4v) is 2.93. The lowest BCUT2D eigenvalue weighted by Gasteiger charge is -2.28. The van der Waals surface area contributed by atoms with Crippen LogP contribution in [-0.2, 0) is 4.79 Å². The molecule has 0 amide bonds. The molecule has 1 aliphatic heterocycles. The molecule has 6 heteroatoms. The summed E-state index contributed by atoms with van der Waals surface area (Å²) in [4.78, 5) is 22.9. The highest BCUT2D eigenvalue weighted by Crippen LogP contribution is 2.40. The summed E-state index contributed by atoms with van der Waals surface area (Å²) in [6.07, 6.45) is 0.511. The van der Waals surface area contributed by atoms with Gasteiger partial charge in [-0.1, -0.05) is 13.0 Å². The molecule has 1 aromatic rings. The molecule has 1 heterocycles. The van der Waals surface area contributed by atoms with Crippen LogP contribution < -0.4 is 9.47 Å². The highest BCUT2D eigenvalue weighted by molar-refractivity contribution is 5.82. The number of hydrogen-bond donors (Lipinski definition) is 0. The van der Waals surface area contributed by atoms with Crippen LogP contribution in [0.1, 0.15) is 31.2 Å². The van der Waals surface area contributed by atoms with Crippen LogP contribution in [0.25, 0.3) is 0 Å². The van der Waals surface area contributed by atoms with Crippen LogP contribution in [-0.4, -0.2) is 23.5 Å². The van der Waals surface area contributed by atoms with Gasteiger partial charge in [0.25, 0.3) is 0 Å². The first-order chi connectivity index (χ1) is 9.56. The third-order valence-corrected chi connectivity index (χ3v) is 4.13. The van der Waals surface area contributed by atoms with E-state index in [1.807, 2.05) is 0 Å². The second-order valence-electron chi connectivity index (χ2n) is 5.38. The van der Waals surface area contributed by atoms with Gasteiger partial charge in [-0.25, -0.2) is 0 Å². The van der Waals surface area contributed by atoms with E-state index in [2.05, 4.69) is 0 Å². The molecule has 0 radical (unpaired) electrons. The number of fused-ring (bicyclic) bond motifs is 1. The molecule has 1 aromatic carbocycles. The fraction of sp³-hybridized carbons (Fsp3) is 0.500. The molecule has 1 fully saturated rings. The maximum absolute atomic E-state index is 11.9. The zero-order valence-corrected chi connectivity index (χ0v) is 11.1. The Morgan fingerprint density at radius 3 is 2.80 bits per heavy atom. The Morgan fingerprint density at radius 1 is 1.30 bits per heavy atom. The number of benzene rings is 1. The molecule has 0 saturated heterocycles. The summed E-state index contributed by atoms with van der Waals surface area (Å²) < 4.78 is 10.5. The first kappa shape index (κ1) is 12.9. The van der Waals surface area contributed by atoms with Crippen molar-refractivity contribution in [3.8, 4) is 11.5 Å². The van der Waals surface area contributed by atoms with Gasteiger partial charge in [0.15, 0.2) is 11.5 Å². The van der Waals surface area contributed by atoms with E-state index in [4.69, 9.17) is 9.47 Å². The lowest BCUT2D eigenvalue weighted by molar-refractivity contribution is -0.529. The highest BCUT2D eigenvalue weighted by Gasteiger charge is 2.42. The summed E-state index contributed by atoms with van der Waals surface area (Å²) in [7, 11) is 0. The third kappa shape index (κ3) is 2.11. The van der Waals surface area contributed by atoms with Crippen LogP contribution in [0.3, 0.4) is 0 Å². The van der Waals surface area contributed by atoms with E-state index in [-0.39, 0.29) is 35.8 Å². The highest BCUT2D eigenvalue weighted by atomic mass is 16.7. The molecule has 1 saturated carbocycles. The van der Waals surface area contributed by atoms with Gasteiger partial charge in [-0.15, -0.1) is 0 Å². The van der Waals surface area contributed by atoms with Crippen molar-refractivity contribution in [2.75, 3.05) is 6.79 Å². The number of nitrogens with zero attached hydrogens (tertiary/aromatic N) is 1. The van der Waals surface area contributed by atoms with Gasteiger partial charge in [-0.2, -0.15) is 0 Å². The van der Waals surface area contributed by atoms with Gasteiger partial charge in [-0.05, 0) is 17.7 Å². The minimum absolute atomic E-state index is 0.0887. The quantitative estimate of drug-likeness (QED) is 0.611. The van der Waals surface area contributed by atoms with Crippen molar-refractivity contribution in [1.29, 1.82) is 0 Å². The maximum Gasteiger partial charge on any atom is 0.231 e. The minimum atomic E-state index is -0.719. The van der Waals surface area contributed by atoms with E-state index in [9.17, 15) is 14.9 Å². The normalized spacial score (nSPS) is 28.4. The SMILES string of the molecule is C[C@@H]1C[C@H]([N+](=O)[O-])[C@@H](c2ccc3c(c2)OCO3)CC1=O. The number of nitro groups is 1. The van der Waals surface area contributed by atoms with Crippen molar-refractivity contribution in [2.45, 2.75) is 31.7 Å². The van der Waals surface area contributed by atoms with Gasteiger partial charge in [0.1, 0.15) is 5.78 Å². The van der Waals surface area contributed by atoms with E-state index in [0.29, 0.717) is 17.9 Å². The number of carbonyl (C=O) groups is 1. The summed E-state index contributed by atoms with van der Waals surface area (Å²) in [6, 6.07) is 4.57. The van der Waals surface area contributed by atoms with Crippen molar-refractivity contribution in [3.63, 3.8) is 0 Å². The van der Waals surface area contributed by atoms with Gasteiger partial charge in [0, 0.05) is 23.7 Å². The first-order valence-corrected chi connectivity index (χ1v) is 6.62. The molecular formula is C14H15NO5. The van der Waals surface area contributed by atoms with Crippen molar-refractivity contribution in [3.05, 3.63) is 33.9 Å².